The molecule has 0 aliphatic carbocycles. The fourth-order valence-corrected chi connectivity index (χ4v) is 2.33. The van der Waals surface area contributed by atoms with E-state index in [1.54, 1.807) is 12.1 Å². The monoisotopic (exact) mass is 288 g/mol. The molecule has 5 nitrogen and oxygen atoms in total. The maximum absolute atomic E-state index is 13.5. The Hall–Kier alpha value is -1.47. The van der Waals surface area contributed by atoms with E-state index in [1.165, 1.54) is 19.1 Å². The Morgan fingerprint density at radius 2 is 2.00 bits per heavy atom. The van der Waals surface area contributed by atoms with E-state index in [2.05, 4.69) is 5.32 Å². The molecule has 106 valence electrons. The molecular formula is C12H17FN2O3S. The van der Waals surface area contributed by atoms with Gasteiger partial charge in [-0.05, 0) is 6.07 Å². The van der Waals surface area contributed by atoms with Crippen LogP contribution in [0.3, 0.4) is 0 Å². The van der Waals surface area contributed by atoms with Gasteiger partial charge in [0.1, 0.15) is 5.82 Å². The van der Waals surface area contributed by atoms with E-state index < -0.39 is 15.8 Å². The molecule has 0 fully saturated rings. The smallest absolute Gasteiger partial charge is 0.216 e. The Morgan fingerprint density at radius 1 is 1.37 bits per heavy atom. The van der Waals surface area contributed by atoms with Crippen molar-refractivity contribution in [2.45, 2.75) is 13.5 Å². The van der Waals surface area contributed by atoms with E-state index in [0.717, 1.165) is 10.6 Å². The Morgan fingerprint density at radius 3 is 2.53 bits per heavy atom. The lowest BCUT2D eigenvalue weighted by atomic mass is 10.2. The molecule has 0 saturated heterocycles. The van der Waals surface area contributed by atoms with Crippen molar-refractivity contribution in [2.75, 3.05) is 19.3 Å². The van der Waals surface area contributed by atoms with Crippen molar-refractivity contribution < 1.29 is 17.6 Å². The Bertz CT molecular complexity index is 546. The van der Waals surface area contributed by atoms with Gasteiger partial charge in [0.2, 0.25) is 15.9 Å². The molecule has 0 aromatic heterocycles. The minimum absolute atomic E-state index is 0.0505. The summed E-state index contributed by atoms with van der Waals surface area (Å²) in [6, 6.07) is 6.00. The van der Waals surface area contributed by atoms with Crippen LogP contribution < -0.4 is 5.32 Å². The number of hydrogen-bond donors (Lipinski definition) is 1. The average Bonchev–Trinajstić information content (AvgIpc) is 2.28. The van der Waals surface area contributed by atoms with Gasteiger partial charge in [0.15, 0.2) is 0 Å². The fourth-order valence-electron chi connectivity index (χ4n) is 1.54. The summed E-state index contributed by atoms with van der Waals surface area (Å²) < 4.78 is 37.9. The molecule has 1 aromatic carbocycles. The van der Waals surface area contributed by atoms with Crippen LogP contribution in [0.1, 0.15) is 12.5 Å². The van der Waals surface area contributed by atoms with E-state index in [1.807, 2.05) is 0 Å². The number of nitrogens with zero attached hydrogens (tertiary/aromatic N) is 1. The fraction of sp³-hybridized carbons (Fsp3) is 0.417. The predicted molar refractivity (Wildman–Crippen MR) is 70.3 cm³/mol. The number of nitrogens with one attached hydrogen (secondary N) is 1. The van der Waals surface area contributed by atoms with E-state index in [0.29, 0.717) is 5.56 Å². The van der Waals surface area contributed by atoms with Gasteiger partial charge in [0.05, 0.1) is 6.26 Å². The van der Waals surface area contributed by atoms with Crippen molar-refractivity contribution in [3.8, 4) is 0 Å². The summed E-state index contributed by atoms with van der Waals surface area (Å²) in [4.78, 5) is 10.7. The topological polar surface area (TPSA) is 66.5 Å². The minimum Gasteiger partial charge on any atom is -0.355 e. The van der Waals surface area contributed by atoms with Gasteiger partial charge >= 0.3 is 0 Å². The number of halogens is 1. The molecule has 0 bridgehead atoms. The molecule has 0 atom stereocenters. The first-order chi connectivity index (χ1) is 8.80. The maximum atomic E-state index is 13.5. The van der Waals surface area contributed by atoms with Crippen molar-refractivity contribution >= 4 is 15.9 Å². The van der Waals surface area contributed by atoms with E-state index >= 15 is 0 Å². The molecule has 0 heterocycles. The molecule has 7 heteroatoms. The summed E-state index contributed by atoms with van der Waals surface area (Å²) >= 11 is 0. The molecule has 1 amide bonds. The van der Waals surface area contributed by atoms with Gasteiger partial charge in [-0.1, -0.05) is 18.2 Å². The molecule has 19 heavy (non-hydrogen) atoms. The Balaban J connectivity index is 2.76. The van der Waals surface area contributed by atoms with Crippen molar-refractivity contribution in [2.24, 2.45) is 0 Å². The lowest BCUT2D eigenvalue weighted by molar-refractivity contribution is -0.118. The van der Waals surface area contributed by atoms with Crippen molar-refractivity contribution in [3.05, 3.63) is 35.6 Å². The first-order valence-corrected chi connectivity index (χ1v) is 7.58. The van der Waals surface area contributed by atoms with Gasteiger partial charge < -0.3 is 5.32 Å². The highest BCUT2D eigenvalue weighted by Gasteiger charge is 2.18. The third kappa shape index (κ3) is 5.35. The van der Waals surface area contributed by atoms with Gasteiger partial charge in [0, 0.05) is 32.1 Å². The van der Waals surface area contributed by atoms with Crippen LogP contribution in [0.25, 0.3) is 0 Å². The third-order valence-corrected chi connectivity index (χ3v) is 3.76. The SMILES string of the molecule is CC(=O)NCCN(Cc1ccccc1F)S(C)(=O)=O. The molecule has 0 radical (unpaired) electrons. The number of hydrogen-bond acceptors (Lipinski definition) is 3. The second-order valence-corrected chi connectivity index (χ2v) is 6.15. The molecule has 1 N–H and O–H groups in total. The number of rotatable bonds is 6. The van der Waals surface area contributed by atoms with Crippen LogP contribution in [0, 0.1) is 5.82 Å². The summed E-state index contributed by atoms with van der Waals surface area (Å²) in [6.45, 7) is 1.59. The van der Waals surface area contributed by atoms with Crippen LogP contribution in [-0.2, 0) is 21.4 Å². The van der Waals surface area contributed by atoms with Gasteiger partial charge in [-0.15, -0.1) is 0 Å². The largest absolute Gasteiger partial charge is 0.355 e. The lowest BCUT2D eigenvalue weighted by Crippen LogP contribution is -2.37. The van der Waals surface area contributed by atoms with Gasteiger partial charge in [-0.25, -0.2) is 12.8 Å². The normalized spacial score (nSPS) is 11.6. The number of carbonyl (C=O) groups excluding carboxylic acids is 1. The summed E-state index contributed by atoms with van der Waals surface area (Å²) in [6.07, 6.45) is 1.06. The quantitative estimate of drug-likeness (QED) is 0.839. The number of amides is 1. The van der Waals surface area contributed by atoms with Crippen molar-refractivity contribution in [1.29, 1.82) is 0 Å². The van der Waals surface area contributed by atoms with E-state index in [4.69, 9.17) is 0 Å². The summed E-state index contributed by atoms with van der Waals surface area (Å²) in [7, 11) is -3.46. The second kappa shape index (κ2) is 6.63. The highest BCUT2D eigenvalue weighted by atomic mass is 32.2. The van der Waals surface area contributed by atoms with Gasteiger partial charge in [0.25, 0.3) is 0 Å². The first-order valence-electron chi connectivity index (χ1n) is 5.73. The lowest BCUT2D eigenvalue weighted by Gasteiger charge is -2.20. The van der Waals surface area contributed by atoms with Crippen molar-refractivity contribution in [1.82, 2.24) is 9.62 Å². The number of benzene rings is 1. The third-order valence-electron chi connectivity index (χ3n) is 2.51. The molecule has 0 unspecified atom stereocenters. The zero-order valence-corrected chi connectivity index (χ0v) is 11.7. The zero-order chi connectivity index (χ0) is 14.5. The van der Waals surface area contributed by atoms with Crippen LogP contribution in [0.15, 0.2) is 24.3 Å². The zero-order valence-electron chi connectivity index (χ0n) is 10.9. The molecule has 0 saturated carbocycles. The molecule has 1 aromatic rings. The van der Waals surface area contributed by atoms with Crippen LogP contribution in [-0.4, -0.2) is 38.0 Å². The van der Waals surface area contributed by atoms with Crippen LogP contribution >= 0.6 is 0 Å². The molecule has 0 aliphatic heterocycles. The average molecular weight is 288 g/mol. The van der Waals surface area contributed by atoms with E-state index in [-0.39, 0.29) is 25.5 Å². The van der Waals surface area contributed by atoms with Crippen LogP contribution in [0.2, 0.25) is 0 Å². The predicted octanol–water partition coefficient (Wildman–Crippen LogP) is 0.723. The minimum atomic E-state index is -3.46. The molecular weight excluding hydrogens is 271 g/mol. The first kappa shape index (κ1) is 15.6. The molecule has 0 spiro atoms. The van der Waals surface area contributed by atoms with Crippen molar-refractivity contribution in [3.63, 3.8) is 0 Å². The van der Waals surface area contributed by atoms with Gasteiger partial charge in [-0.2, -0.15) is 4.31 Å². The molecule has 0 aliphatic rings. The number of carbonyl (C=O) groups is 1. The van der Waals surface area contributed by atoms with E-state index in [9.17, 15) is 17.6 Å². The second-order valence-electron chi connectivity index (χ2n) is 4.17. The van der Waals surface area contributed by atoms with Crippen LogP contribution in [0.4, 0.5) is 4.39 Å². The summed E-state index contributed by atoms with van der Waals surface area (Å²) in [5.41, 5.74) is 0.302. The Labute approximate surface area is 112 Å². The van der Waals surface area contributed by atoms with Crippen LogP contribution in [0.5, 0.6) is 0 Å². The standard InChI is InChI=1S/C12H17FN2O3S/c1-10(16)14-7-8-15(19(2,17)18)9-11-5-3-4-6-12(11)13/h3-6H,7-9H2,1-2H3,(H,14,16). The Kier molecular flexibility index (Phi) is 5.44. The summed E-state index contributed by atoms with van der Waals surface area (Å²) in [5.74, 6) is -0.685. The number of sulfonamides is 1. The highest BCUT2D eigenvalue weighted by molar-refractivity contribution is 7.88. The maximum Gasteiger partial charge on any atom is 0.216 e. The highest BCUT2D eigenvalue weighted by Crippen LogP contribution is 2.11. The van der Waals surface area contributed by atoms with Gasteiger partial charge in [-0.3, -0.25) is 4.79 Å². The molecule has 1 rings (SSSR count). The summed E-state index contributed by atoms with van der Waals surface area (Å²) in [5, 5.41) is 2.51.